The van der Waals surface area contributed by atoms with Crippen molar-refractivity contribution in [3.63, 3.8) is 0 Å². The van der Waals surface area contributed by atoms with Crippen LogP contribution in [0.1, 0.15) is 26.1 Å². The van der Waals surface area contributed by atoms with E-state index in [1.165, 1.54) is 0 Å². The van der Waals surface area contributed by atoms with Gasteiger partial charge in [0.05, 0.1) is 12.1 Å². The van der Waals surface area contributed by atoms with Crippen LogP contribution in [0.15, 0.2) is 59.0 Å². The lowest BCUT2D eigenvalue weighted by molar-refractivity contribution is 0.0950. The minimum absolute atomic E-state index is 0.244. The molecule has 0 aliphatic carbocycles. The number of amides is 1. The van der Waals surface area contributed by atoms with E-state index in [4.69, 9.17) is 20.8 Å². The van der Waals surface area contributed by atoms with E-state index >= 15 is 0 Å². The van der Waals surface area contributed by atoms with Crippen LogP contribution in [0, 0.1) is 0 Å². The highest BCUT2D eigenvalue weighted by molar-refractivity contribution is 7.15. The second kappa shape index (κ2) is 8.46. The van der Waals surface area contributed by atoms with E-state index in [0.29, 0.717) is 33.7 Å². The van der Waals surface area contributed by atoms with Crippen LogP contribution in [0.4, 0.5) is 0 Å². The molecule has 6 nitrogen and oxygen atoms in total. The Balaban J connectivity index is 1.49. The Morgan fingerprint density at radius 3 is 2.76 bits per heavy atom. The number of ether oxygens (including phenoxy) is 1. The number of aromatic nitrogens is 2. The van der Waals surface area contributed by atoms with Crippen LogP contribution in [0.3, 0.4) is 0 Å². The first-order valence-corrected chi connectivity index (χ1v) is 9.93. The molecule has 0 atom stereocenters. The van der Waals surface area contributed by atoms with Crippen LogP contribution in [0.2, 0.25) is 0 Å². The Labute approximate surface area is 175 Å². The summed E-state index contributed by atoms with van der Waals surface area (Å²) in [5, 5.41) is 12.7. The van der Waals surface area contributed by atoms with E-state index in [1.54, 1.807) is 13.2 Å². The molecule has 0 aliphatic rings. The van der Waals surface area contributed by atoms with E-state index in [2.05, 4.69) is 15.5 Å². The van der Waals surface area contributed by atoms with Crippen LogP contribution in [-0.2, 0) is 6.54 Å². The fourth-order valence-electron chi connectivity index (χ4n) is 2.74. The van der Waals surface area contributed by atoms with Gasteiger partial charge >= 0.3 is 0 Å². The van der Waals surface area contributed by atoms with Gasteiger partial charge < -0.3 is 14.5 Å². The van der Waals surface area contributed by atoms with E-state index in [9.17, 15) is 4.79 Å². The zero-order valence-electron chi connectivity index (χ0n) is 15.4. The highest BCUT2D eigenvalue weighted by Crippen LogP contribution is 2.31. The number of carbonyl (C=O) groups is 1. The average molecular weight is 426 g/mol. The average Bonchev–Trinajstić information content (AvgIpc) is 3.39. The summed E-state index contributed by atoms with van der Waals surface area (Å²) in [4.78, 5) is 12.3. The minimum Gasteiger partial charge on any atom is -0.493 e. The molecule has 2 aromatic heterocycles. The summed E-state index contributed by atoms with van der Waals surface area (Å²) in [6.45, 7) is 0.416. The summed E-state index contributed by atoms with van der Waals surface area (Å²) < 4.78 is 11.1. The van der Waals surface area contributed by atoms with Gasteiger partial charge in [0.25, 0.3) is 5.91 Å². The van der Waals surface area contributed by atoms with Crippen molar-refractivity contribution in [2.45, 2.75) is 6.54 Å². The van der Waals surface area contributed by atoms with Gasteiger partial charge in [-0.3, -0.25) is 4.79 Å². The standard InChI is InChI=1S/C21H16ClN3O3S/c1-27-17-9-5-8-14-10-15(28-18(14)17)11-16(22)20-24-25-21(29-20)19(26)23-12-13-6-3-2-4-7-13/h2-11H,12H2,1H3,(H,23,26). The lowest BCUT2D eigenvalue weighted by Crippen LogP contribution is -2.22. The summed E-state index contributed by atoms with van der Waals surface area (Å²) in [7, 11) is 1.59. The second-order valence-electron chi connectivity index (χ2n) is 6.10. The molecule has 8 heteroatoms. The second-order valence-corrected chi connectivity index (χ2v) is 7.49. The molecule has 0 aliphatic heterocycles. The van der Waals surface area contributed by atoms with Crippen molar-refractivity contribution in [1.82, 2.24) is 15.5 Å². The topological polar surface area (TPSA) is 77.2 Å². The van der Waals surface area contributed by atoms with Crippen molar-refractivity contribution in [1.29, 1.82) is 0 Å². The number of nitrogens with one attached hydrogen (secondary N) is 1. The molecule has 0 unspecified atom stereocenters. The van der Waals surface area contributed by atoms with Gasteiger partial charge in [0, 0.05) is 18.0 Å². The minimum atomic E-state index is -0.296. The van der Waals surface area contributed by atoms with Crippen LogP contribution in [-0.4, -0.2) is 23.2 Å². The maximum atomic E-state index is 12.3. The highest BCUT2D eigenvalue weighted by Gasteiger charge is 2.15. The first-order valence-electron chi connectivity index (χ1n) is 8.74. The molecule has 0 bridgehead atoms. The SMILES string of the molecule is COc1cccc2cc(C=C(Cl)c3nnc(C(=O)NCc4ccccc4)s3)oc12. The molecule has 0 spiro atoms. The third kappa shape index (κ3) is 4.31. The molecule has 1 N–H and O–H groups in total. The predicted octanol–water partition coefficient (Wildman–Crippen LogP) is 4.96. The molecule has 4 aromatic rings. The van der Waals surface area contributed by atoms with Gasteiger partial charge in [-0.1, -0.05) is 65.4 Å². The Hall–Kier alpha value is -3.16. The molecule has 0 saturated heterocycles. The Bertz CT molecular complexity index is 1180. The molecule has 2 heterocycles. The van der Waals surface area contributed by atoms with Gasteiger partial charge in [0.2, 0.25) is 5.01 Å². The summed E-state index contributed by atoms with van der Waals surface area (Å²) in [5.41, 5.74) is 1.65. The number of benzene rings is 2. The van der Waals surface area contributed by atoms with Crippen molar-refractivity contribution in [3.05, 3.63) is 75.9 Å². The Morgan fingerprint density at radius 2 is 1.97 bits per heavy atom. The molecule has 0 saturated carbocycles. The van der Waals surface area contributed by atoms with Gasteiger partial charge in [-0.25, -0.2) is 0 Å². The number of fused-ring (bicyclic) bond motifs is 1. The van der Waals surface area contributed by atoms with Crippen molar-refractivity contribution in [3.8, 4) is 5.75 Å². The lowest BCUT2D eigenvalue weighted by atomic mass is 10.2. The number of hydrogen-bond donors (Lipinski definition) is 1. The van der Waals surface area contributed by atoms with Crippen LogP contribution in [0.5, 0.6) is 5.75 Å². The third-order valence-electron chi connectivity index (χ3n) is 4.14. The number of nitrogens with zero attached hydrogens (tertiary/aromatic N) is 2. The number of furan rings is 1. The molecule has 4 rings (SSSR count). The van der Waals surface area contributed by atoms with E-state index in [-0.39, 0.29) is 10.9 Å². The molecule has 146 valence electrons. The zero-order valence-corrected chi connectivity index (χ0v) is 17.0. The monoisotopic (exact) mass is 425 g/mol. The molecule has 1 amide bonds. The van der Waals surface area contributed by atoms with Crippen molar-refractivity contribution >= 4 is 50.9 Å². The lowest BCUT2D eigenvalue weighted by Gasteiger charge is -2.01. The summed E-state index contributed by atoms with van der Waals surface area (Å²) >= 11 is 7.50. The summed E-state index contributed by atoms with van der Waals surface area (Å²) in [6.07, 6.45) is 1.65. The van der Waals surface area contributed by atoms with E-state index < -0.39 is 0 Å². The van der Waals surface area contributed by atoms with Crippen molar-refractivity contribution < 1.29 is 13.9 Å². The molecule has 2 aromatic carbocycles. The normalized spacial score (nSPS) is 11.6. The van der Waals surface area contributed by atoms with Gasteiger partial charge in [0.1, 0.15) is 5.76 Å². The number of halogens is 1. The molecule has 0 radical (unpaired) electrons. The largest absolute Gasteiger partial charge is 0.493 e. The smallest absolute Gasteiger partial charge is 0.282 e. The summed E-state index contributed by atoms with van der Waals surface area (Å²) in [5.74, 6) is 0.905. The van der Waals surface area contributed by atoms with Gasteiger partial charge in [0.15, 0.2) is 16.3 Å². The maximum Gasteiger partial charge on any atom is 0.282 e. The number of rotatable bonds is 6. The third-order valence-corrected chi connectivity index (χ3v) is 5.49. The predicted molar refractivity (Wildman–Crippen MR) is 114 cm³/mol. The Kier molecular flexibility index (Phi) is 5.59. The molecule has 0 fully saturated rings. The number of methoxy groups -OCH3 is 1. The van der Waals surface area contributed by atoms with Gasteiger partial charge in [-0.05, 0) is 17.7 Å². The first-order chi connectivity index (χ1) is 14.1. The van der Waals surface area contributed by atoms with E-state index in [0.717, 1.165) is 22.3 Å². The maximum absolute atomic E-state index is 12.3. The zero-order chi connectivity index (χ0) is 20.2. The number of carbonyl (C=O) groups excluding carboxylic acids is 1. The van der Waals surface area contributed by atoms with E-state index in [1.807, 2.05) is 54.6 Å². The highest BCUT2D eigenvalue weighted by atomic mass is 35.5. The first kappa shape index (κ1) is 19.2. The molecular weight excluding hydrogens is 410 g/mol. The van der Waals surface area contributed by atoms with Crippen LogP contribution >= 0.6 is 22.9 Å². The molecular formula is C21H16ClN3O3S. The number of hydrogen-bond acceptors (Lipinski definition) is 6. The van der Waals surface area contributed by atoms with Crippen molar-refractivity contribution in [2.75, 3.05) is 7.11 Å². The van der Waals surface area contributed by atoms with Crippen molar-refractivity contribution in [2.24, 2.45) is 0 Å². The quantitative estimate of drug-likeness (QED) is 0.472. The summed E-state index contributed by atoms with van der Waals surface area (Å²) in [6, 6.07) is 17.1. The van der Waals surface area contributed by atoms with Gasteiger partial charge in [-0.2, -0.15) is 0 Å². The fraction of sp³-hybridized carbons (Fsp3) is 0.0952. The Morgan fingerprint density at radius 1 is 1.17 bits per heavy atom. The van der Waals surface area contributed by atoms with Crippen LogP contribution in [0.25, 0.3) is 22.1 Å². The number of para-hydroxylation sites is 1. The molecule has 29 heavy (non-hydrogen) atoms. The fourth-order valence-corrected chi connectivity index (χ4v) is 3.67. The van der Waals surface area contributed by atoms with Crippen LogP contribution < -0.4 is 10.1 Å². The van der Waals surface area contributed by atoms with Gasteiger partial charge in [-0.15, -0.1) is 10.2 Å².